The van der Waals surface area contributed by atoms with Gasteiger partial charge in [0.2, 0.25) is 15.9 Å². The van der Waals surface area contributed by atoms with Crippen LogP contribution in [0.3, 0.4) is 0 Å². The first-order chi connectivity index (χ1) is 11.3. The van der Waals surface area contributed by atoms with Crippen molar-refractivity contribution in [2.24, 2.45) is 0 Å². The number of hydrogen-bond donors (Lipinski definition) is 2. The van der Waals surface area contributed by atoms with Crippen molar-refractivity contribution < 1.29 is 13.2 Å². The van der Waals surface area contributed by atoms with Gasteiger partial charge in [0.15, 0.2) is 0 Å². The van der Waals surface area contributed by atoms with Gasteiger partial charge in [0.1, 0.15) is 0 Å². The third kappa shape index (κ3) is 4.53. The molecule has 0 aliphatic heterocycles. The molecule has 0 bridgehead atoms. The highest BCUT2D eigenvalue weighted by atomic mass is 32.2. The summed E-state index contributed by atoms with van der Waals surface area (Å²) in [5.74, 6) is -0.240. The fourth-order valence-corrected chi connectivity index (χ4v) is 2.82. The van der Waals surface area contributed by atoms with E-state index in [2.05, 4.69) is 10.0 Å². The molecule has 0 heterocycles. The summed E-state index contributed by atoms with van der Waals surface area (Å²) < 4.78 is 25.5. The van der Waals surface area contributed by atoms with E-state index < -0.39 is 10.0 Å². The van der Waals surface area contributed by atoms with Crippen molar-refractivity contribution in [2.45, 2.75) is 18.7 Å². The van der Waals surface area contributed by atoms with E-state index in [1.165, 1.54) is 25.3 Å². The largest absolute Gasteiger partial charge is 0.322 e. The maximum atomic E-state index is 12.0. The molecule has 2 rings (SSSR count). The highest BCUT2D eigenvalue weighted by Crippen LogP contribution is 2.16. The number of aryl methyl sites for hydroxylation is 2. The van der Waals surface area contributed by atoms with E-state index in [-0.39, 0.29) is 10.8 Å². The number of benzene rings is 2. The molecule has 0 radical (unpaired) electrons. The van der Waals surface area contributed by atoms with Crippen molar-refractivity contribution in [1.29, 1.82) is 0 Å². The summed E-state index contributed by atoms with van der Waals surface area (Å²) in [5.41, 5.74) is 3.58. The fourth-order valence-electron chi connectivity index (χ4n) is 2.09. The molecule has 2 aromatic carbocycles. The second kappa shape index (κ2) is 7.42. The molecule has 24 heavy (non-hydrogen) atoms. The highest BCUT2D eigenvalue weighted by Gasteiger charge is 2.09. The molecule has 5 nitrogen and oxygen atoms in total. The van der Waals surface area contributed by atoms with Gasteiger partial charge in [0, 0.05) is 11.8 Å². The number of hydrogen-bond acceptors (Lipinski definition) is 3. The van der Waals surface area contributed by atoms with Crippen molar-refractivity contribution in [3.63, 3.8) is 0 Å². The maximum absolute atomic E-state index is 12.0. The van der Waals surface area contributed by atoms with E-state index in [0.29, 0.717) is 0 Å². The van der Waals surface area contributed by atoms with Crippen LogP contribution in [0.2, 0.25) is 0 Å². The molecule has 0 aliphatic carbocycles. The molecule has 0 aromatic heterocycles. The monoisotopic (exact) mass is 344 g/mol. The van der Waals surface area contributed by atoms with Gasteiger partial charge < -0.3 is 5.32 Å². The molecule has 0 atom stereocenters. The quantitative estimate of drug-likeness (QED) is 0.819. The lowest BCUT2D eigenvalue weighted by Gasteiger charge is -2.07. The Labute approximate surface area is 142 Å². The summed E-state index contributed by atoms with van der Waals surface area (Å²) in [5, 5.41) is 2.83. The first kappa shape index (κ1) is 17.9. The van der Waals surface area contributed by atoms with Gasteiger partial charge in [-0.25, -0.2) is 13.1 Å². The molecular weight excluding hydrogens is 324 g/mol. The SMILES string of the molecule is CNS(=O)(=O)c1ccc(/C=C/C(=O)Nc2cc(C)ccc2C)cc1. The second-order valence-electron chi connectivity index (χ2n) is 5.42. The predicted molar refractivity (Wildman–Crippen MR) is 96.3 cm³/mol. The summed E-state index contributed by atoms with van der Waals surface area (Å²) in [7, 11) is -2.09. The summed E-state index contributed by atoms with van der Waals surface area (Å²) >= 11 is 0. The maximum Gasteiger partial charge on any atom is 0.248 e. The number of rotatable bonds is 5. The van der Waals surface area contributed by atoms with Gasteiger partial charge in [-0.3, -0.25) is 4.79 Å². The molecule has 0 saturated heterocycles. The Morgan fingerprint density at radius 2 is 1.71 bits per heavy atom. The van der Waals surface area contributed by atoms with Gasteiger partial charge in [-0.05, 0) is 61.9 Å². The Kier molecular flexibility index (Phi) is 5.54. The van der Waals surface area contributed by atoms with Crippen LogP contribution in [0.15, 0.2) is 53.4 Å². The van der Waals surface area contributed by atoms with E-state index in [9.17, 15) is 13.2 Å². The summed E-state index contributed by atoms with van der Waals surface area (Å²) in [6.07, 6.45) is 3.06. The van der Waals surface area contributed by atoms with Crippen LogP contribution in [0.1, 0.15) is 16.7 Å². The van der Waals surface area contributed by atoms with Gasteiger partial charge in [0.25, 0.3) is 0 Å². The first-order valence-corrected chi connectivity index (χ1v) is 8.90. The molecule has 0 unspecified atom stereocenters. The molecule has 6 heteroatoms. The molecule has 0 fully saturated rings. The van der Waals surface area contributed by atoms with Crippen molar-refractivity contribution in [2.75, 3.05) is 12.4 Å². The van der Waals surface area contributed by atoms with Gasteiger partial charge in [-0.2, -0.15) is 0 Å². The predicted octanol–water partition coefficient (Wildman–Crippen LogP) is 2.86. The van der Waals surface area contributed by atoms with Crippen molar-refractivity contribution in [1.82, 2.24) is 4.72 Å². The summed E-state index contributed by atoms with van der Waals surface area (Å²) in [6, 6.07) is 12.1. The van der Waals surface area contributed by atoms with Crippen LogP contribution in [0.5, 0.6) is 0 Å². The summed E-state index contributed by atoms with van der Waals surface area (Å²) in [6.45, 7) is 3.89. The van der Waals surface area contributed by atoms with Gasteiger partial charge >= 0.3 is 0 Å². The molecule has 1 amide bonds. The normalized spacial score (nSPS) is 11.6. The number of carbonyl (C=O) groups is 1. The Morgan fingerprint density at radius 3 is 2.33 bits per heavy atom. The minimum absolute atomic E-state index is 0.182. The zero-order valence-corrected chi connectivity index (χ0v) is 14.6. The van der Waals surface area contributed by atoms with Crippen LogP contribution in [0, 0.1) is 13.8 Å². The lowest BCUT2D eigenvalue weighted by atomic mass is 10.1. The summed E-state index contributed by atoms with van der Waals surface area (Å²) in [4.78, 5) is 12.2. The van der Waals surface area contributed by atoms with Crippen molar-refractivity contribution >= 4 is 27.7 Å². The number of sulfonamides is 1. The van der Waals surface area contributed by atoms with Crippen LogP contribution >= 0.6 is 0 Å². The van der Waals surface area contributed by atoms with Crippen LogP contribution in [-0.2, 0) is 14.8 Å². The third-order valence-electron chi connectivity index (χ3n) is 3.54. The molecular formula is C18H20N2O3S. The highest BCUT2D eigenvalue weighted by molar-refractivity contribution is 7.89. The Morgan fingerprint density at radius 1 is 1.04 bits per heavy atom. The molecule has 0 aliphatic rings. The molecule has 2 N–H and O–H groups in total. The Balaban J connectivity index is 2.08. The zero-order valence-electron chi connectivity index (χ0n) is 13.8. The number of anilines is 1. The lowest BCUT2D eigenvalue weighted by molar-refractivity contribution is -0.111. The van der Waals surface area contributed by atoms with Crippen LogP contribution in [-0.4, -0.2) is 21.4 Å². The Hall–Kier alpha value is -2.44. The van der Waals surface area contributed by atoms with Crippen molar-refractivity contribution in [3.05, 3.63) is 65.2 Å². The van der Waals surface area contributed by atoms with Crippen LogP contribution in [0.25, 0.3) is 6.08 Å². The number of amides is 1. The van der Waals surface area contributed by atoms with Crippen LogP contribution in [0.4, 0.5) is 5.69 Å². The van der Waals surface area contributed by atoms with Gasteiger partial charge in [-0.15, -0.1) is 0 Å². The van der Waals surface area contributed by atoms with Crippen molar-refractivity contribution in [3.8, 4) is 0 Å². The topological polar surface area (TPSA) is 75.3 Å². The van der Waals surface area contributed by atoms with E-state index in [1.54, 1.807) is 18.2 Å². The smallest absolute Gasteiger partial charge is 0.248 e. The Bertz CT molecular complexity index is 870. The molecule has 2 aromatic rings. The fraction of sp³-hybridized carbons (Fsp3) is 0.167. The standard InChI is InChI=1S/C18H20N2O3S/c1-13-4-5-14(2)17(12-13)20-18(21)11-8-15-6-9-16(10-7-15)24(22,23)19-3/h4-12,19H,1-3H3,(H,20,21)/b11-8+. The lowest BCUT2D eigenvalue weighted by Crippen LogP contribution is -2.18. The molecule has 126 valence electrons. The van der Waals surface area contributed by atoms with Gasteiger partial charge in [0.05, 0.1) is 4.90 Å². The first-order valence-electron chi connectivity index (χ1n) is 7.42. The molecule has 0 saturated carbocycles. The zero-order chi connectivity index (χ0) is 17.7. The van der Waals surface area contributed by atoms with Gasteiger partial charge in [-0.1, -0.05) is 24.3 Å². The van der Waals surface area contributed by atoms with Crippen LogP contribution < -0.4 is 10.0 Å². The second-order valence-corrected chi connectivity index (χ2v) is 7.30. The van der Waals surface area contributed by atoms with E-state index in [0.717, 1.165) is 22.4 Å². The number of nitrogens with one attached hydrogen (secondary N) is 2. The minimum atomic E-state index is -3.45. The van der Waals surface area contributed by atoms with E-state index in [1.807, 2.05) is 32.0 Å². The average molecular weight is 344 g/mol. The van der Waals surface area contributed by atoms with E-state index in [4.69, 9.17) is 0 Å². The molecule has 0 spiro atoms. The van der Waals surface area contributed by atoms with E-state index >= 15 is 0 Å². The third-order valence-corrected chi connectivity index (χ3v) is 4.97. The average Bonchev–Trinajstić information content (AvgIpc) is 2.56. The number of carbonyl (C=O) groups excluding carboxylic acids is 1. The minimum Gasteiger partial charge on any atom is -0.322 e.